The summed E-state index contributed by atoms with van der Waals surface area (Å²) in [5, 5.41) is 3.29. The molecule has 0 spiro atoms. The third-order valence-corrected chi connectivity index (χ3v) is 4.32. The molecule has 1 aliphatic heterocycles. The van der Waals surface area contributed by atoms with Crippen LogP contribution in [0, 0.1) is 6.92 Å². The summed E-state index contributed by atoms with van der Waals surface area (Å²) in [7, 11) is 0. The van der Waals surface area contributed by atoms with E-state index in [1.807, 2.05) is 25.1 Å². The van der Waals surface area contributed by atoms with Gasteiger partial charge in [-0.3, -0.25) is 9.59 Å². The minimum absolute atomic E-state index is 0.162. The number of rotatable bonds is 2. The van der Waals surface area contributed by atoms with Crippen molar-refractivity contribution in [2.75, 3.05) is 13.1 Å². The molecular weight excluding hydrogens is 312 g/mol. The maximum absolute atomic E-state index is 12.9. The Morgan fingerprint density at radius 1 is 1.17 bits per heavy atom. The lowest BCUT2D eigenvalue weighted by molar-refractivity contribution is -0.128. The average molecular weight is 329 g/mol. The van der Waals surface area contributed by atoms with E-state index >= 15 is 0 Å². The fraction of sp³-hybridized carbons (Fsp3) is 0.222. The van der Waals surface area contributed by atoms with Crippen LogP contribution >= 0.6 is 11.6 Å². The van der Waals surface area contributed by atoms with Crippen molar-refractivity contribution in [3.63, 3.8) is 0 Å². The number of carbonyl (C=O) groups is 2. The molecule has 1 atom stereocenters. The molecule has 1 fully saturated rings. The molecular formula is C18H17ClN2O2. The zero-order valence-electron chi connectivity index (χ0n) is 12.8. The first-order valence-electron chi connectivity index (χ1n) is 7.47. The van der Waals surface area contributed by atoms with Gasteiger partial charge in [-0.1, -0.05) is 47.5 Å². The zero-order chi connectivity index (χ0) is 16.4. The van der Waals surface area contributed by atoms with Gasteiger partial charge in [0.2, 0.25) is 5.91 Å². The largest absolute Gasteiger partial charge is 0.352 e. The molecule has 0 aliphatic carbocycles. The molecule has 3 rings (SSSR count). The quantitative estimate of drug-likeness (QED) is 0.921. The first-order valence-corrected chi connectivity index (χ1v) is 7.85. The summed E-state index contributed by atoms with van der Waals surface area (Å²) >= 11 is 6.24. The van der Waals surface area contributed by atoms with Gasteiger partial charge in [0.1, 0.15) is 6.04 Å². The smallest absolute Gasteiger partial charge is 0.254 e. The Hall–Kier alpha value is -2.33. The zero-order valence-corrected chi connectivity index (χ0v) is 13.5. The van der Waals surface area contributed by atoms with E-state index in [4.69, 9.17) is 11.6 Å². The molecule has 0 aromatic heterocycles. The number of hydrogen-bond acceptors (Lipinski definition) is 2. The SMILES string of the molecule is Cc1ccc(C(=O)N2CCNC(=O)C2c2ccccc2Cl)cc1. The molecule has 1 N–H and O–H groups in total. The van der Waals surface area contributed by atoms with Crippen LogP contribution in [0.5, 0.6) is 0 Å². The van der Waals surface area contributed by atoms with Gasteiger partial charge in [-0.25, -0.2) is 0 Å². The van der Waals surface area contributed by atoms with E-state index in [9.17, 15) is 9.59 Å². The second-order valence-corrected chi connectivity index (χ2v) is 5.99. The van der Waals surface area contributed by atoms with Crippen LogP contribution in [-0.2, 0) is 4.79 Å². The standard InChI is InChI=1S/C18H17ClN2O2/c1-12-6-8-13(9-7-12)18(23)21-11-10-20-17(22)16(21)14-4-2-3-5-15(14)19/h2-9,16H,10-11H2,1H3,(H,20,22). The van der Waals surface area contributed by atoms with Gasteiger partial charge in [0.25, 0.3) is 5.91 Å². The second kappa shape index (κ2) is 6.42. The summed E-state index contributed by atoms with van der Waals surface area (Å²) < 4.78 is 0. The number of halogens is 1. The van der Waals surface area contributed by atoms with Crippen LogP contribution in [0.1, 0.15) is 27.5 Å². The van der Waals surface area contributed by atoms with Gasteiger partial charge in [-0.2, -0.15) is 0 Å². The Labute approximate surface area is 140 Å². The van der Waals surface area contributed by atoms with E-state index in [1.165, 1.54) is 0 Å². The summed E-state index contributed by atoms with van der Waals surface area (Å²) in [6.45, 7) is 2.86. The van der Waals surface area contributed by atoms with Crippen molar-refractivity contribution in [3.8, 4) is 0 Å². The van der Waals surface area contributed by atoms with Crippen molar-refractivity contribution in [2.24, 2.45) is 0 Å². The number of nitrogens with one attached hydrogen (secondary N) is 1. The molecule has 0 radical (unpaired) electrons. The molecule has 23 heavy (non-hydrogen) atoms. The fourth-order valence-electron chi connectivity index (χ4n) is 2.75. The van der Waals surface area contributed by atoms with Crippen molar-refractivity contribution < 1.29 is 9.59 Å². The highest BCUT2D eigenvalue weighted by atomic mass is 35.5. The van der Waals surface area contributed by atoms with E-state index in [1.54, 1.807) is 35.2 Å². The number of amides is 2. The van der Waals surface area contributed by atoms with Crippen LogP contribution in [0.15, 0.2) is 48.5 Å². The Balaban J connectivity index is 1.98. The maximum atomic E-state index is 12.9. The molecule has 0 saturated carbocycles. The van der Waals surface area contributed by atoms with Crippen LogP contribution in [0.2, 0.25) is 5.02 Å². The number of carbonyl (C=O) groups excluding carboxylic acids is 2. The number of hydrogen-bond donors (Lipinski definition) is 1. The van der Waals surface area contributed by atoms with Crippen LogP contribution in [0.4, 0.5) is 0 Å². The summed E-state index contributed by atoms with van der Waals surface area (Å²) in [5.74, 6) is -0.366. The molecule has 2 aromatic carbocycles. The Bertz CT molecular complexity index is 743. The van der Waals surface area contributed by atoms with Gasteiger partial charge >= 0.3 is 0 Å². The van der Waals surface area contributed by atoms with Gasteiger partial charge in [0.15, 0.2) is 0 Å². The third-order valence-electron chi connectivity index (χ3n) is 3.97. The van der Waals surface area contributed by atoms with E-state index < -0.39 is 6.04 Å². The van der Waals surface area contributed by atoms with Crippen LogP contribution < -0.4 is 5.32 Å². The summed E-state index contributed by atoms with van der Waals surface area (Å²) in [5.41, 5.74) is 2.30. The molecule has 2 aromatic rings. The predicted octanol–water partition coefficient (Wildman–Crippen LogP) is 2.96. The topological polar surface area (TPSA) is 49.4 Å². The molecule has 4 nitrogen and oxygen atoms in total. The van der Waals surface area contributed by atoms with Crippen molar-refractivity contribution >= 4 is 23.4 Å². The average Bonchev–Trinajstić information content (AvgIpc) is 2.56. The normalized spacial score (nSPS) is 17.7. The summed E-state index contributed by atoms with van der Waals surface area (Å²) in [6, 6.07) is 13.8. The lowest BCUT2D eigenvalue weighted by Gasteiger charge is -2.35. The molecule has 118 valence electrons. The predicted molar refractivity (Wildman–Crippen MR) is 89.4 cm³/mol. The van der Waals surface area contributed by atoms with Gasteiger partial charge in [-0.15, -0.1) is 0 Å². The highest BCUT2D eigenvalue weighted by molar-refractivity contribution is 6.31. The Morgan fingerprint density at radius 3 is 2.57 bits per heavy atom. The maximum Gasteiger partial charge on any atom is 0.254 e. The van der Waals surface area contributed by atoms with Gasteiger partial charge < -0.3 is 10.2 Å². The highest BCUT2D eigenvalue weighted by Crippen LogP contribution is 2.30. The minimum Gasteiger partial charge on any atom is -0.352 e. The van der Waals surface area contributed by atoms with Crippen molar-refractivity contribution in [2.45, 2.75) is 13.0 Å². The minimum atomic E-state index is -0.703. The third kappa shape index (κ3) is 3.08. The highest BCUT2D eigenvalue weighted by Gasteiger charge is 2.35. The van der Waals surface area contributed by atoms with E-state index in [0.29, 0.717) is 29.2 Å². The number of aryl methyl sites for hydroxylation is 1. The summed E-state index contributed by atoms with van der Waals surface area (Å²) in [4.78, 5) is 26.8. The fourth-order valence-corrected chi connectivity index (χ4v) is 2.99. The van der Waals surface area contributed by atoms with Gasteiger partial charge in [0.05, 0.1) is 0 Å². The number of benzene rings is 2. The molecule has 5 heteroatoms. The first kappa shape index (κ1) is 15.6. The van der Waals surface area contributed by atoms with Gasteiger partial charge in [0, 0.05) is 29.2 Å². The van der Waals surface area contributed by atoms with Crippen molar-refractivity contribution in [1.29, 1.82) is 0 Å². The molecule has 0 bridgehead atoms. The van der Waals surface area contributed by atoms with Crippen molar-refractivity contribution in [1.82, 2.24) is 10.2 Å². The lowest BCUT2D eigenvalue weighted by Crippen LogP contribution is -2.52. The molecule has 1 aliphatic rings. The monoisotopic (exact) mass is 328 g/mol. The number of piperazine rings is 1. The molecule has 1 heterocycles. The number of nitrogens with zero attached hydrogens (tertiary/aromatic N) is 1. The van der Waals surface area contributed by atoms with E-state index in [-0.39, 0.29) is 11.8 Å². The Morgan fingerprint density at radius 2 is 1.87 bits per heavy atom. The van der Waals surface area contributed by atoms with E-state index in [0.717, 1.165) is 5.56 Å². The first-order chi connectivity index (χ1) is 11.1. The molecule has 2 amide bonds. The van der Waals surface area contributed by atoms with Crippen LogP contribution in [0.25, 0.3) is 0 Å². The Kier molecular flexibility index (Phi) is 4.35. The molecule has 1 saturated heterocycles. The van der Waals surface area contributed by atoms with E-state index in [2.05, 4.69) is 5.32 Å². The van der Waals surface area contributed by atoms with Crippen molar-refractivity contribution in [3.05, 3.63) is 70.2 Å². The van der Waals surface area contributed by atoms with Crippen LogP contribution in [-0.4, -0.2) is 29.8 Å². The van der Waals surface area contributed by atoms with Crippen LogP contribution in [0.3, 0.4) is 0 Å². The van der Waals surface area contributed by atoms with Gasteiger partial charge in [-0.05, 0) is 25.1 Å². The summed E-state index contributed by atoms with van der Waals surface area (Å²) in [6.07, 6.45) is 0. The lowest BCUT2D eigenvalue weighted by atomic mass is 10.0. The molecule has 1 unspecified atom stereocenters. The second-order valence-electron chi connectivity index (χ2n) is 5.58.